The Morgan fingerprint density at radius 1 is 0.625 bits per heavy atom. The smallest absolute Gasteiger partial charge is 0.119 e. The Hall–Kier alpha value is -2.08. The Morgan fingerprint density at radius 2 is 1.05 bits per heavy atom. The largest absolute Gasteiger partial charge is 0.494 e. The van der Waals surface area contributed by atoms with Crippen molar-refractivity contribution in [2.45, 2.75) is 135 Å². The van der Waals surface area contributed by atoms with Gasteiger partial charge < -0.3 is 24.4 Å². The lowest BCUT2D eigenvalue weighted by Crippen LogP contribution is -2.31. The average Bonchev–Trinajstić information content (AvgIpc) is 3.48. The van der Waals surface area contributed by atoms with Crippen molar-refractivity contribution < 1.29 is 24.4 Å². The summed E-state index contributed by atoms with van der Waals surface area (Å²) in [6.07, 6.45) is 13.7. The van der Waals surface area contributed by atoms with Gasteiger partial charge in [-0.1, -0.05) is 57.4 Å². The van der Waals surface area contributed by atoms with Crippen LogP contribution >= 0.6 is 0 Å². The number of hydrogen-bond acceptors (Lipinski definition) is 5. The van der Waals surface area contributed by atoms with Crippen molar-refractivity contribution in [2.24, 2.45) is 0 Å². The summed E-state index contributed by atoms with van der Waals surface area (Å²) in [4.78, 5) is 0. The number of aliphatic hydroxyl groups excluding tert-OH is 2. The van der Waals surface area contributed by atoms with Crippen LogP contribution in [-0.2, 0) is 17.6 Å². The third kappa shape index (κ3) is 12.2. The monoisotopic (exact) mass is 554 g/mol. The summed E-state index contributed by atoms with van der Waals surface area (Å²) in [5.41, 5.74) is 2.73. The highest BCUT2D eigenvalue weighted by atomic mass is 16.5. The zero-order valence-corrected chi connectivity index (χ0v) is 25.1. The van der Waals surface area contributed by atoms with Crippen molar-refractivity contribution in [3.05, 3.63) is 59.7 Å². The molecule has 1 fully saturated rings. The fourth-order valence-corrected chi connectivity index (χ4v) is 5.36. The van der Waals surface area contributed by atoms with Gasteiger partial charge in [0, 0.05) is 0 Å². The van der Waals surface area contributed by atoms with Gasteiger partial charge in [-0.3, -0.25) is 0 Å². The molecule has 1 heterocycles. The van der Waals surface area contributed by atoms with Crippen molar-refractivity contribution in [3.63, 3.8) is 0 Å². The topological polar surface area (TPSA) is 68.2 Å². The second-order valence-electron chi connectivity index (χ2n) is 11.5. The van der Waals surface area contributed by atoms with Crippen LogP contribution in [0.25, 0.3) is 0 Å². The quantitative estimate of drug-likeness (QED) is 0.154. The number of benzene rings is 2. The molecule has 2 N–H and O–H groups in total. The van der Waals surface area contributed by atoms with Crippen LogP contribution in [0.5, 0.6) is 11.5 Å². The highest BCUT2D eigenvalue weighted by Gasteiger charge is 2.34. The number of aliphatic hydroxyl groups is 2. The minimum absolute atomic E-state index is 0.161. The van der Waals surface area contributed by atoms with E-state index in [-0.39, 0.29) is 12.2 Å². The van der Waals surface area contributed by atoms with Gasteiger partial charge in [0.1, 0.15) is 11.5 Å². The van der Waals surface area contributed by atoms with Crippen molar-refractivity contribution in [2.75, 3.05) is 13.2 Å². The van der Waals surface area contributed by atoms with E-state index in [9.17, 15) is 10.2 Å². The Kier molecular flexibility index (Phi) is 15.5. The molecule has 0 bridgehead atoms. The second kappa shape index (κ2) is 19.1. The molecule has 5 nitrogen and oxygen atoms in total. The first kappa shape index (κ1) is 32.4. The number of unbranched alkanes of at least 4 members (excludes halogenated alkanes) is 5. The zero-order chi connectivity index (χ0) is 28.4. The fourth-order valence-electron chi connectivity index (χ4n) is 5.36. The molecule has 2 aromatic rings. The summed E-state index contributed by atoms with van der Waals surface area (Å²) in [7, 11) is 0. The molecule has 0 radical (unpaired) electrons. The number of hydrogen-bond donors (Lipinski definition) is 2. The summed E-state index contributed by atoms with van der Waals surface area (Å²) < 4.78 is 17.8. The maximum atomic E-state index is 10.6. The van der Waals surface area contributed by atoms with Gasteiger partial charge >= 0.3 is 0 Å². The predicted molar refractivity (Wildman–Crippen MR) is 163 cm³/mol. The summed E-state index contributed by atoms with van der Waals surface area (Å²) >= 11 is 0. The SMILES string of the molecule is CCCCc1ccc(OCCCCC[C@H](O)[C@@H]2CC[C@H]([C@H](O)CCCCOc3ccc(CCCC)cc3)O2)cc1. The van der Waals surface area contributed by atoms with Gasteiger partial charge in [-0.15, -0.1) is 0 Å². The summed E-state index contributed by atoms with van der Waals surface area (Å²) in [5, 5.41) is 21.3. The summed E-state index contributed by atoms with van der Waals surface area (Å²) in [5.74, 6) is 1.85. The molecule has 0 amide bonds. The van der Waals surface area contributed by atoms with E-state index < -0.39 is 12.2 Å². The molecule has 1 aliphatic rings. The molecule has 1 saturated heterocycles. The van der Waals surface area contributed by atoms with E-state index in [0.29, 0.717) is 19.6 Å². The first-order valence-electron chi connectivity index (χ1n) is 16.0. The zero-order valence-electron chi connectivity index (χ0n) is 25.1. The van der Waals surface area contributed by atoms with Crippen LogP contribution in [0.4, 0.5) is 0 Å². The third-order valence-electron chi connectivity index (χ3n) is 8.00. The minimum Gasteiger partial charge on any atom is -0.494 e. The molecule has 1 aliphatic heterocycles. The van der Waals surface area contributed by atoms with Crippen LogP contribution in [0.2, 0.25) is 0 Å². The van der Waals surface area contributed by atoms with Crippen LogP contribution in [0.3, 0.4) is 0 Å². The third-order valence-corrected chi connectivity index (χ3v) is 8.00. The normalized spacial score (nSPS) is 18.5. The Morgan fingerprint density at radius 3 is 1.50 bits per heavy atom. The molecule has 4 atom stereocenters. The minimum atomic E-state index is -0.479. The van der Waals surface area contributed by atoms with E-state index in [1.54, 1.807) is 0 Å². The molecule has 0 aromatic heterocycles. The lowest BCUT2D eigenvalue weighted by molar-refractivity contribution is -0.0786. The maximum Gasteiger partial charge on any atom is 0.119 e. The van der Waals surface area contributed by atoms with Crippen LogP contribution in [0.15, 0.2) is 48.5 Å². The molecular weight excluding hydrogens is 500 g/mol. The van der Waals surface area contributed by atoms with Crippen LogP contribution in [0, 0.1) is 0 Å². The molecule has 224 valence electrons. The van der Waals surface area contributed by atoms with Gasteiger partial charge in [0.2, 0.25) is 0 Å². The number of aryl methyl sites for hydroxylation is 2. The van der Waals surface area contributed by atoms with Crippen LogP contribution in [-0.4, -0.2) is 47.8 Å². The average molecular weight is 555 g/mol. The highest BCUT2D eigenvalue weighted by molar-refractivity contribution is 5.28. The molecule has 40 heavy (non-hydrogen) atoms. The van der Waals surface area contributed by atoms with E-state index in [1.165, 1.54) is 36.8 Å². The molecule has 5 heteroatoms. The Labute approximate surface area is 243 Å². The van der Waals surface area contributed by atoms with E-state index >= 15 is 0 Å². The number of ether oxygens (including phenoxy) is 3. The first-order chi connectivity index (χ1) is 19.6. The summed E-state index contributed by atoms with van der Waals surface area (Å²) in [6, 6.07) is 16.9. The van der Waals surface area contributed by atoms with Gasteiger partial charge in [0.15, 0.2) is 0 Å². The Balaban J connectivity index is 1.19. The van der Waals surface area contributed by atoms with Gasteiger partial charge in [-0.05, 0) is 112 Å². The molecule has 0 saturated carbocycles. The van der Waals surface area contributed by atoms with Crippen LogP contribution < -0.4 is 9.47 Å². The molecule has 0 aliphatic carbocycles. The van der Waals surface area contributed by atoms with E-state index in [4.69, 9.17) is 14.2 Å². The van der Waals surface area contributed by atoms with Crippen molar-refractivity contribution in [1.29, 1.82) is 0 Å². The van der Waals surface area contributed by atoms with Crippen LogP contribution in [0.1, 0.15) is 108 Å². The van der Waals surface area contributed by atoms with E-state index in [2.05, 4.69) is 62.4 Å². The highest BCUT2D eigenvalue weighted by Crippen LogP contribution is 2.28. The standard InChI is InChI=1S/C35H54O5/c1-3-5-12-28-16-20-30(21-17-28)38-26-10-7-8-14-32(36)34-24-25-35(40-34)33(37)15-9-11-27-39-31-22-18-29(19-23-31)13-6-4-2/h16-23,32-37H,3-15,24-27H2,1-2H3/t32-,33+,34-,35+/m0/s1. The van der Waals surface area contributed by atoms with Crippen molar-refractivity contribution in [1.82, 2.24) is 0 Å². The van der Waals surface area contributed by atoms with E-state index in [1.807, 2.05) is 0 Å². The van der Waals surface area contributed by atoms with Gasteiger partial charge in [0.25, 0.3) is 0 Å². The number of rotatable bonds is 21. The van der Waals surface area contributed by atoms with Gasteiger partial charge in [-0.25, -0.2) is 0 Å². The summed E-state index contributed by atoms with van der Waals surface area (Å²) in [6.45, 7) is 5.79. The van der Waals surface area contributed by atoms with E-state index in [0.717, 1.165) is 75.7 Å². The second-order valence-corrected chi connectivity index (χ2v) is 11.5. The van der Waals surface area contributed by atoms with Crippen molar-refractivity contribution in [3.8, 4) is 11.5 Å². The molecule has 0 unspecified atom stereocenters. The van der Waals surface area contributed by atoms with Gasteiger partial charge in [-0.2, -0.15) is 0 Å². The fraction of sp³-hybridized carbons (Fsp3) is 0.657. The molecule has 3 rings (SSSR count). The van der Waals surface area contributed by atoms with Crippen molar-refractivity contribution >= 4 is 0 Å². The Bertz CT molecular complexity index is 897. The lowest BCUT2D eigenvalue weighted by Gasteiger charge is -2.22. The molecule has 2 aromatic carbocycles. The van der Waals surface area contributed by atoms with Gasteiger partial charge in [0.05, 0.1) is 37.6 Å². The first-order valence-corrected chi connectivity index (χ1v) is 16.0. The predicted octanol–water partition coefficient (Wildman–Crippen LogP) is 7.83. The lowest BCUT2D eigenvalue weighted by atomic mass is 10.0. The molecule has 0 spiro atoms. The molecular formula is C35H54O5. The maximum absolute atomic E-state index is 10.6.